The van der Waals surface area contributed by atoms with Crippen LogP contribution in [0.2, 0.25) is 5.02 Å². The Balaban J connectivity index is 1.82. The molecule has 1 aromatic heterocycles. The zero-order valence-electron chi connectivity index (χ0n) is 19.1. The molecule has 0 spiro atoms. The number of nitrogens with zero attached hydrogens (tertiary/aromatic N) is 2. The quantitative estimate of drug-likeness (QED) is 0.377. The van der Waals surface area contributed by atoms with Crippen LogP contribution in [0.15, 0.2) is 94.6 Å². The number of benzene rings is 3. The summed E-state index contributed by atoms with van der Waals surface area (Å²) in [7, 11) is 0. The minimum absolute atomic E-state index is 0.0895. The fraction of sp³-hybridized carbons (Fsp3) is 0.185. The summed E-state index contributed by atoms with van der Waals surface area (Å²) < 4.78 is 42.9. The van der Waals surface area contributed by atoms with Crippen molar-refractivity contribution in [1.29, 1.82) is 0 Å². The molecule has 9 heteroatoms. The van der Waals surface area contributed by atoms with Gasteiger partial charge in [-0.05, 0) is 28.8 Å². The van der Waals surface area contributed by atoms with E-state index in [4.69, 9.17) is 17.3 Å². The SMILES string of the molecule is N[C@@H](Cn1c(=O)c(Cc2ccccc2Cl)cn(Cc2ccccc2C(F)(F)F)c1=O)c1ccccc1. The van der Waals surface area contributed by atoms with Gasteiger partial charge in [-0.3, -0.25) is 13.9 Å². The van der Waals surface area contributed by atoms with Crippen LogP contribution in [-0.2, 0) is 25.7 Å². The Labute approximate surface area is 210 Å². The van der Waals surface area contributed by atoms with Gasteiger partial charge in [0.25, 0.3) is 5.56 Å². The Morgan fingerprint density at radius 2 is 1.44 bits per heavy atom. The maximum atomic E-state index is 13.6. The third-order valence-electron chi connectivity index (χ3n) is 5.92. The molecule has 0 radical (unpaired) electrons. The topological polar surface area (TPSA) is 70.0 Å². The summed E-state index contributed by atoms with van der Waals surface area (Å²) >= 11 is 6.28. The molecule has 0 saturated heterocycles. The van der Waals surface area contributed by atoms with Crippen molar-refractivity contribution in [3.63, 3.8) is 0 Å². The normalized spacial score (nSPS) is 12.5. The third kappa shape index (κ3) is 5.61. The van der Waals surface area contributed by atoms with E-state index in [9.17, 15) is 22.8 Å². The number of rotatable bonds is 7. The number of alkyl halides is 3. The number of halogens is 4. The maximum absolute atomic E-state index is 13.6. The van der Waals surface area contributed by atoms with Crippen LogP contribution in [0, 0.1) is 0 Å². The van der Waals surface area contributed by atoms with E-state index in [-0.39, 0.29) is 30.6 Å². The van der Waals surface area contributed by atoms with Gasteiger partial charge in [-0.1, -0.05) is 78.3 Å². The second kappa shape index (κ2) is 10.6. The molecule has 36 heavy (non-hydrogen) atoms. The molecule has 1 heterocycles. The molecule has 0 fully saturated rings. The molecule has 0 bridgehead atoms. The highest BCUT2D eigenvalue weighted by molar-refractivity contribution is 6.31. The van der Waals surface area contributed by atoms with Crippen LogP contribution in [-0.4, -0.2) is 9.13 Å². The van der Waals surface area contributed by atoms with Crippen molar-refractivity contribution in [2.24, 2.45) is 5.73 Å². The molecule has 0 aliphatic rings. The van der Waals surface area contributed by atoms with Crippen LogP contribution in [0.1, 0.15) is 33.9 Å². The molecular formula is C27H23ClF3N3O2. The van der Waals surface area contributed by atoms with Crippen molar-refractivity contribution in [1.82, 2.24) is 9.13 Å². The highest BCUT2D eigenvalue weighted by Crippen LogP contribution is 2.32. The third-order valence-corrected chi connectivity index (χ3v) is 6.29. The van der Waals surface area contributed by atoms with Gasteiger partial charge in [-0.25, -0.2) is 4.79 Å². The first-order chi connectivity index (χ1) is 17.1. The van der Waals surface area contributed by atoms with Crippen LogP contribution in [0.4, 0.5) is 13.2 Å². The average molecular weight is 514 g/mol. The number of aromatic nitrogens is 2. The summed E-state index contributed by atoms with van der Waals surface area (Å²) in [5.74, 6) is 0. The van der Waals surface area contributed by atoms with Crippen LogP contribution < -0.4 is 17.0 Å². The molecule has 2 N–H and O–H groups in total. The predicted molar refractivity (Wildman–Crippen MR) is 133 cm³/mol. The van der Waals surface area contributed by atoms with Crippen LogP contribution in [0.3, 0.4) is 0 Å². The number of hydrogen-bond acceptors (Lipinski definition) is 3. The lowest BCUT2D eigenvalue weighted by atomic mass is 10.1. The summed E-state index contributed by atoms with van der Waals surface area (Å²) in [6.45, 7) is -0.510. The van der Waals surface area contributed by atoms with Gasteiger partial charge in [0.2, 0.25) is 0 Å². The van der Waals surface area contributed by atoms with E-state index in [1.165, 1.54) is 24.4 Å². The second-order valence-corrected chi connectivity index (χ2v) is 8.83. The largest absolute Gasteiger partial charge is 0.416 e. The van der Waals surface area contributed by atoms with Gasteiger partial charge in [0.1, 0.15) is 0 Å². The van der Waals surface area contributed by atoms with Crippen LogP contribution in [0.25, 0.3) is 0 Å². The predicted octanol–water partition coefficient (Wildman–Crippen LogP) is 5.02. The van der Waals surface area contributed by atoms with Crippen molar-refractivity contribution in [3.05, 3.63) is 139 Å². The van der Waals surface area contributed by atoms with Gasteiger partial charge in [-0.2, -0.15) is 13.2 Å². The van der Waals surface area contributed by atoms with Crippen molar-refractivity contribution in [3.8, 4) is 0 Å². The van der Waals surface area contributed by atoms with E-state index < -0.39 is 29.0 Å². The minimum atomic E-state index is -4.59. The zero-order chi connectivity index (χ0) is 25.9. The summed E-state index contributed by atoms with van der Waals surface area (Å²) in [6, 6.07) is 20.3. The molecule has 4 aromatic rings. The van der Waals surface area contributed by atoms with Gasteiger partial charge in [0.15, 0.2) is 0 Å². The molecule has 0 aliphatic heterocycles. The van der Waals surface area contributed by atoms with Crippen LogP contribution in [0.5, 0.6) is 0 Å². The molecule has 5 nitrogen and oxygen atoms in total. The Morgan fingerprint density at radius 3 is 2.11 bits per heavy atom. The first-order valence-electron chi connectivity index (χ1n) is 11.2. The van der Waals surface area contributed by atoms with E-state index in [1.807, 2.05) is 6.07 Å². The minimum Gasteiger partial charge on any atom is -0.322 e. The zero-order valence-corrected chi connectivity index (χ0v) is 19.8. The molecule has 0 amide bonds. The summed E-state index contributed by atoms with van der Waals surface area (Å²) in [5, 5.41) is 0.435. The van der Waals surface area contributed by atoms with E-state index in [1.54, 1.807) is 48.5 Å². The van der Waals surface area contributed by atoms with E-state index in [0.29, 0.717) is 16.1 Å². The maximum Gasteiger partial charge on any atom is 0.416 e. The average Bonchev–Trinajstić information content (AvgIpc) is 2.86. The lowest BCUT2D eigenvalue weighted by Gasteiger charge is -2.18. The molecule has 4 rings (SSSR count). The second-order valence-electron chi connectivity index (χ2n) is 8.42. The number of nitrogens with two attached hydrogens (primary N) is 1. The molecule has 0 aliphatic carbocycles. The molecule has 186 valence electrons. The van der Waals surface area contributed by atoms with E-state index >= 15 is 0 Å². The van der Waals surface area contributed by atoms with Crippen molar-refractivity contribution in [2.45, 2.75) is 31.7 Å². The molecule has 1 atom stereocenters. The van der Waals surface area contributed by atoms with Crippen molar-refractivity contribution in [2.75, 3.05) is 0 Å². The smallest absolute Gasteiger partial charge is 0.322 e. The lowest BCUT2D eigenvalue weighted by Crippen LogP contribution is -2.43. The monoisotopic (exact) mass is 513 g/mol. The van der Waals surface area contributed by atoms with Gasteiger partial charge < -0.3 is 5.73 Å². The first kappa shape index (κ1) is 25.5. The highest BCUT2D eigenvalue weighted by atomic mass is 35.5. The highest BCUT2D eigenvalue weighted by Gasteiger charge is 2.33. The Hall–Kier alpha value is -3.62. The molecular weight excluding hydrogens is 491 g/mol. The van der Waals surface area contributed by atoms with Crippen LogP contribution >= 0.6 is 11.6 Å². The standard InChI is InChI=1S/C27H23ClF3N3O2/c28-23-13-7-5-10-19(23)14-21-16-33(15-20-11-4-6-12-22(20)27(29,30)31)26(36)34(25(21)35)17-24(32)18-8-2-1-3-9-18/h1-13,16,24H,14-15,17,32H2/t24-/m0/s1. The Bertz CT molecular complexity index is 1480. The fourth-order valence-electron chi connectivity index (χ4n) is 4.08. The van der Waals surface area contributed by atoms with Crippen molar-refractivity contribution < 1.29 is 13.2 Å². The molecule has 3 aromatic carbocycles. The van der Waals surface area contributed by atoms with Gasteiger partial charge in [-0.15, -0.1) is 0 Å². The van der Waals surface area contributed by atoms with Crippen molar-refractivity contribution >= 4 is 11.6 Å². The molecule has 0 saturated carbocycles. The van der Waals surface area contributed by atoms with Gasteiger partial charge >= 0.3 is 11.9 Å². The first-order valence-corrected chi connectivity index (χ1v) is 11.5. The summed E-state index contributed by atoms with van der Waals surface area (Å²) in [5.41, 5.74) is 5.64. The summed E-state index contributed by atoms with van der Waals surface area (Å²) in [4.78, 5) is 26.7. The number of hydrogen-bond donors (Lipinski definition) is 1. The van der Waals surface area contributed by atoms with E-state index in [2.05, 4.69) is 0 Å². The lowest BCUT2D eigenvalue weighted by molar-refractivity contribution is -0.138. The summed E-state index contributed by atoms with van der Waals surface area (Å²) in [6.07, 6.45) is -3.18. The fourth-order valence-corrected chi connectivity index (χ4v) is 4.28. The Kier molecular flexibility index (Phi) is 7.47. The Morgan fingerprint density at radius 1 is 0.833 bits per heavy atom. The molecule has 0 unspecified atom stereocenters. The van der Waals surface area contributed by atoms with Gasteiger partial charge in [0, 0.05) is 29.2 Å². The van der Waals surface area contributed by atoms with E-state index in [0.717, 1.165) is 15.2 Å². The van der Waals surface area contributed by atoms with Gasteiger partial charge in [0.05, 0.1) is 18.7 Å².